The van der Waals surface area contributed by atoms with E-state index in [0.29, 0.717) is 10.9 Å². The third-order valence-corrected chi connectivity index (χ3v) is 3.13. The SMILES string of the molecule is COCCNCC(C)CCc1ccc(Cl)cc1F. The maximum Gasteiger partial charge on any atom is 0.127 e. The summed E-state index contributed by atoms with van der Waals surface area (Å²) in [6.45, 7) is 4.67. The zero-order valence-corrected chi connectivity index (χ0v) is 11.8. The van der Waals surface area contributed by atoms with Crippen molar-refractivity contribution in [1.29, 1.82) is 0 Å². The van der Waals surface area contributed by atoms with Crippen molar-refractivity contribution in [2.24, 2.45) is 5.92 Å². The van der Waals surface area contributed by atoms with Crippen LogP contribution in [0.3, 0.4) is 0 Å². The Bertz CT molecular complexity index is 360. The minimum Gasteiger partial charge on any atom is -0.383 e. The molecule has 4 heteroatoms. The first-order valence-electron chi connectivity index (χ1n) is 6.27. The molecule has 0 aliphatic carbocycles. The highest BCUT2D eigenvalue weighted by Gasteiger charge is 2.06. The number of hydrogen-bond acceptors (Lipinski definition) is 2. The summed E-state index contributed by atoms with van der Waals surface area (Å²) >= 11 is 5.72. The van der Waals surface area contributed by atoms with Gasteiger partial charge in [-0.1, -0.05) is 24.6 Å². The molecule has 0 bridgehead atoms. The highest BCUT2D eigenvalue weighted by Crippen LogP contribution is 2.17. The number of nitrogens with one attached hydrogen (secondary N) is 1. The van der Waals surface area contributed by atoms with E-state index in [1.165, 1.54) is 6.07 Å². The molecule has 2 nitrogen and oxygen atoms in total. The molecule has 0 aliphatic rings. The molecule has 0 fully saturated rings. The molecule has 1 rings (SSSR count). The van der Waals surface area contributed by atoms with Crippen LogP contribution in [0.15, 0.2) is 18.2 Å². The van der Waals surface area contributed by atoms with Crippen LogP contribution in [0.1, 0.15) is 18.9 Å². The Balaban J connectivity index is 2.27. The van der Waals surface area contributed by atoms with E-state index in [1.807, 2.05) is 0 Å². The summed E-state index contributed by atoms with van der Waals surface area (Å²) in [5.74, 6) is 0.305. The zero-order valence-electron chi connectivity index (χ0n) is 11.0. The molecule has 0 saturated heterocycles. The van der Waals surface area contributed by atoms with Crippen molar-refractivity contribution in [3.63, 3.8) is 0 Å². The lowest BCUT2D eigenvalue weighted by Gasteiger charge is -2.12. The molecule has 102 valence electrons. The van der Waals surface area contributed by atoms with Gasteiger partial charge in [-0.25, -0.2) is 4.39 Å². The number of aryl methyl sites for hydroxylation is 1. The minimum atomic E-state index is -0.206. The van der Waals surface area contributed by atoms with Crippen molar-refractivity contribution in [1.82, 2.24) is 5.32 Å². The van der Waals surface area contributed by atoms with Crippen molar-refractivity contribution in [3.8, 4) is 0 Å². The lowest BCUT2D eigenvalue weighted by Crippen LogP contribution is -2.25. The van der Waals surface area contributed by atoms with Crippen LogP contribution >= 0.6 is 11.6 Å². The second-order valence-electron chi connectivity index (χ2n) is 4.58. The molecule has 0 radical (unpaired) electrons. The molecule has 0 aliphatic heterocycles. The summed E-state index contributed by atoms with van der Waals surface area (Å²) in [6.07, 6.45) is 1.70. The van der Waals surface area contributed by atoms with Gasteiger partial charge in [0.2, 0.25) is 0 Å². The smallest absolute Gasteiger partial charge is 0.127 e. The van der Waals surface area contributed by atoms with Gasteiger partial charge in [0.25, 0.3) is 0 Å². The van der Waals surface area contributed by atoms with Gasteiger partial charge >= 0.3 is 0 Å². The number of hydrogen-bond donors (Lipinski definition) is 1. The lowest BCUT2D eigenvalue weighted by molar-refractivity contribution is 0.198. The first-order chi connectivity index (χ1) is 8.63. The van der Waals surface area contributed by atoms with Crippen LogP contribution in [0.5, 0.6) is 0 Å². The molecular weight excluding hydrogens is 253 g/mol. The van der Waals surface area contributed by atoms with Crippen molar-refractivity contribution >= 4 is 11.6 Å². The van der Waals surface area contributed by atoms with Crippen molar-refractivity contribution in [2.75, 3.05) is 26.8 Å². The number of ether oxygens (including phenoxy) is 1. The van der Waals surface area contributed by atoms with E-state index < -0.39 is 0 Å². The fourth-order valence-electron chi connectivity index (χ4n) is 1.75. The van der Waals surface area contributed by atoms with E-state index in [0.717, 1.165) is 38.1 Å². The van der Waals surface area contributed by atoms with Gasteiger partial charge in [0.15, 0.2) is 0 Å². The monoisotopic (exact) mass is 273 g/mol. The molecule has 1 aromatic rings. The van der Waals surface area contributed by atoms with Gasteiger partial charge in [-0.15, -0.1) is 0 Å². The van der Waals surface area contributed by atoms with E-state index in [1.54, 1.807) is 19.2 Å². The van der Waals surface area contributed by atoms with Crippen LogP contribution in [0.2, 0.25) is 5.02 Å². The Hall–Kier alpha value is -0.640. The molecule has 1 N–H and O–H groups in total. The van der Waals surface area contributed by atoms with Gasteiger partial charge in [0, 0.05) is 18.7 Å². The Morgan fingerprint density at radius 1 is 1.44 bits per heavy atom. The van der Waals surface area contributed by atoms with E-state index >= 15 is 0 Å². The summed E-state index contributed by atoms with van der Waals surface area (Å²) in [7, 11) is 1.69. The van der Waals surface area contributed by atoms with Crippen LogP contribution in [0, 0.1) is 11.7 Å². The van der Waals surface area contributed by atoms with Crippen molar-refractivity contribution < 1.29 is 9.13 Å². The first-order valence-corrected chi connectivity index (χ1v) is 6.65. The maximum atomic E-state index is 13.5. The molecule has 1 atom stereocenters. The molecule has 1 aromatic carbocycles. The number of methoxy groups -OCH3 is 1. The predicted molar refractivity (Wildman–Crippen MR) is 73.6 cm³/mol. The molecule has 1 unspecified atom stereocenters. The Labute approximate surface area is 113 Å². The molecule has 0 spiro atoms. The van der Waals surface area contributed by atoms with Crippen molar-refractivity contribution in [3.05, 3.63) is 34.6 Å². The highest BCUT2D eigenvalue weighted by atomic mass is 35.5. The van der Waals surface area contributed by atoms with Crippen molar-refractivity contribution in [2.45, 2.75) is 19.8 Å². The van der Waals surface area contributed by atoms with Gasteiger partial charge in [-0.3, -0.25) is 0 Å². The Kier molecular flexibility index (Phi) is 7.25. The molecule has 0 saturated carbocycles. The molecule has 0 aromatic heterocycles. The van der Waals surface area contributed by atoms with Gasteiger partial charge in [-0.05, 0) is 43.0 Å². The van der Waals surface area contributed by atoms with Crippen LogP contribution in [-0.2, 0) is 11.2 Å². The van der Waals surface area contributed by atoms with E-state index in [9.17, 15) is 4.39 Å². The van der Waals surface area contributed by atoms with E-state index in [4.69, 9.17) is 16.3 Å². The lowest BCUT2D eigenvalue weighted by atomic mass is 10.0. The number of benzene rings is 1. The zero-order chi connectivity index (χ0) is 13.4. The predicted octanol–water partition coefficient (Wildman–Crippen LogP) is 3.28. The van der Waals surface area contributed by atoms with Crippen LogP contribution < -0.4 is 5.32 Å². The maximum absolute atomic E-state index is 13.5. The van der Waals surface area contributed by atoms with Gasteiger partial charge < -0.3 is 10.1 Å². The molecule has 0 amide bonds. The minimum absolute atomic E-state index is 0.206. The second-order valence-corrected chi connectivity index (χ2v) is 5.01. The average molecular weight is 274 g/mol. The summed E-state index contributed by atoms with van der Waals surface area (Å²) in [4.78, 5) is 0. The van der Waals surface area contributed by atoms with Crippen LogP contribution in [0.4, 0.5) is 4.39 Å². The molecule has 0 heterocycles. The number of rotatable bonds is 8. The topological polar surface area (TPSA) is 21.3 Å². The van der Waals surface area contributed by atoms with Crippen LogP contribution in [-0.4, -0.2) is 26.8 Å². The summed E-state index contributed by atoms with van der Waals surface area (Å²) in [5, 5.41) is 3.76. The normalized spacial score (nSPS) is 12.7. The second kappa shape index (κ2) is 8.46. The fraction of sp³-hybridized carbons (Fsp3) is 0.571. The van der Waals surface area contributed by atoms with Gasteiger partial charge in [0.1, 0.15) is 5.82 Å². The van der Waals surface area contributed by atoms with Gasteiger partial charge in [-0.2, -0.15) is 0 Å². The average Bonchev–Trinajstić information content (AvgIpc) is 2.33. The standard InChI is InChI=1S/C14H21ClFNO/c1-11(10-17-7-8-18-2)3-4-12-5-6-13(15)9-14(12)16/h5-6,9,11,17H,3-4,7-8,10H2,1-2H3. The van der Waals surface area contributed by atoms with Crippen LogP contribution in [0.25, 0.3) is 0 Å². The van der Waals surface area contributed by atoms with E-state index in [2.05, 4.69) is 12.2 Å². The Morgan fingerprint density at radius 2 is 2.22 bits per heavy atom. The fourth-order valence-corrected chi connectivity index (χ4v) is 1.91. The van der Waals surface area contributed by atoms with E-state index in [-0.39, 0.29) is 5.82 Å². The summed E-state index contributed by atoms with van der Waals surface area (Å²) in [5.41, 5.74) is 0.739. The quantitative estimate of drug-likeness (QED) is 0.734. The number of halogens is 2. The van der Waals surface area contributed by atoms with Gasteiger partial charge in [0.05, 0.1) is 6.61 Å². The summed E-state index contributed by atoms with van der Waals surface area (Å²) < 4.78 is 18.5. The first kappa shape index (κ1) is 15.4. The molecular formula is C14H21ClFNO. The largest absolute Gasteiger partial charge is 0.383 e. The third-order valence-electron chi connectivity index (χ3n) is 2.90. The third kappa shape index (κ3) is 5.80. The Morgan fingerprint density at radius 3 is 2.89 bits per heavy atom. The highest BCUT2D eigenvalue weighted by molar-refractivity contribution is 6.30. The molecule has 18 heavy (non-hydrogen) atoms. The summed E-state index contributed by atoms with van der Waals surface area (Å²) in [6, 6.07) is 4.88.